The summed E-state index contributed by atoms with van der Waals surface area (Å²) in [5.41, 5.74) is -2.10. The Labute approximate surface area is 193 Å². The minimum absolute atomic E-state index is 0.0457. The number of hydrogen-bond acceptors (Lipinski definition) is 4. The van der Waals surface area contributed by atoms with Crippen molar-refractivity contribution in [1.82, 2.24) is 4.90 Å². The molecule has 186 valence electrons. The van der Waals surface area contributed by atoms with Crippen LogP contribution in [0.15, 0.2) is 48.5 Å². The molecule has 34 heavy (non-hydrogen) atoms. The summed E-state index contributed by atoms with van der Waals surface area (Å²) in [7, 11) is 0. The number of rotatable bonds is 7. The number of esters is 1. The minimum atomic E-state index is -4.94. The third-order valence-corrected chi connectivity index (χ3v) is 5.77. The summed E-state index contributed by atoms with van der Waals surface area (Å²) in [6.45, 7) is 1.22. The van der Waals surface area contributed by atoms with Gasteiger partial charge in [0.25, 0.3) is 0 Å². The van der Waals surface area contributed by atoms with Gasteiger partial charge in [-0.25, -0.2) is 0 Å². The molecule has 0 amide bonds. The Morgan fingerprint density at radius 2 is 1.62 bits per heavy atom. The van der Waals surface area contributed by atoms with Gasteiger partial charge in [-0.15, -0.1) is 0 Å². The zero-order valence-electron chi connectivity index (χ0n) is 18.5. The summed E-state index contributed by atoms with van der Waals surface area (Å²) >= 11 is 0. The monoisotopic (exact) mass is 489 g/mol. The van der Waals surface area contributed by atoms with Crippen LogP contribution < -0.4 is 0 Å². The van der Waals surface area contributed by atoms with Gasteiger partial charge in [-0.2, -0.15) is 26.3 Å². The second-order valence-corrected chi connectivity index (χ2v) is 8.18. The number of benzene rings is 2. The highest BCUT2D eigenvalue weighted by Gasteiger charge is 2.37. The Bertz CT molecular complexity index is 929. The van der Waals surface area contributed by atoms with E-state index in [1.54, 1.807) is 6.92 Å². The SMILES string of the molecule is C[C@@H](C(=O)OCOCc1cc(C(F)(F)F)cc(C(F)(F)F)c1)N1CCCC[C@H]1c1ccccc1. The smallest absolute Gasteiger partial charge is 0.416 e. The van der Waals surface area contributed by atoms with E-state index in [0.29, 0.717) is 18.7 Å². The number of piperidine rings is 1. The maximum absolute atomic E-state index is 13.0. The topological polar surface area (TPSA) is 38.8 Å². The molecule has 0 aromatic heterocycles. The molecule has 0 bridgehead atoms. The van der Waals surface area contributed by atoms with Gasteiger partial charge < -0.3 is 9.47 Å². The maximum atomic E-state index is 13.0. The summed E-state index contributed by atoms with van der Waals surface area (Å²) in [4.78, 5) is 14.6. The summed E-state index contributed by atoms with van der Waals surface area (Å²) in [5.74, 6) is -0.581. The second kappa shape index (κ2) is 10.8. The third-order valence-electron chi connectivity index (χ3n) is 5.77. The van der Waals surface area contributed by atoms with Crippen LogP contribution in [0.5, 0.6) is 0 Å². The molecule has 3 rings (SSSR count). The summed E-state index contributed by atoms with van der Waals surface area (Å²) in [5, 5.41) is 0. The van der Waals surface area contributed by atoms with Crippen LogP contribution in [0.3, 0.4) is 0 Å². The molecular formula is C24H25F6NO3. The standard InChI is InChI=1S/C24H25F6NO3/c1-16(31-10-6-5-9-21(31)18-7-3-2-4-8-18)22(32)34-15-33-14-17-11-19(23(25,26)27)13-20(12-17)24(28,29)30/h2-4,7-8,11-13,16,21H,5-6,9-10,14-15H2,1H3/t16-,21-/m0/s1. The molecular weight excluding hydrogens is 464 g/mol. The van der Waals surface area contributed by atoms with E-state index in [-0.39, 0.29) is 17.7 Å². The first-order chi connectivity index (χ1) is 16.0. The van der Waals surface area contributed by atoms with Gasteiger partial charge in [-0.1, -0.05) is 36.8 Å². The Morgan fingerprint density at radius 1 is 1.00 bits per heavy atom. The fourth-order valence-corrected chi connectivity index (χ4v) is 4.07. The molecule has 2 atom stereocenters. The number of ether oxygens (including phenoxy) is 2. The van der Waals surface area contributed by atoms with Crippen LogP contribution in [0.2, 0.25) is 0 Å². The van der Waals surface area contributed by atoms with E-state index in [0.717, 1.165) is 24.8 Å². The Morgan fingerprint density at radius 3 is 2.21 bits per heavy atom. The van der Waals surface area contributed by atoms with Gasteiger partial charge in [0.1, 0.15) is 6.04 Å². The molecule has 1 heterocycles. The Hall–Kier alpha value is -2.59. The lowest BCUT2D eigenvalue weighted by atomic mass is 9.94. The van der Waals surface area contributed by atoms with Gasteiger partial charge in [0, 0.05) is 6.04 Å². The summed E-state index contributed by atoms with van der Waals surface area (Å²) in [6, 6.07) is 10.4. The zero-order chi connectivity index (χ0) is 24.9. The fourth-order valence-electron chi connectivity index (χ4n) is 4.07. The lowest BCUT2D eigenvalue weighted by Gasteiger charge is -2.39. The molecule has 10 heteroatoms. The average molecular weight is 489 g/mol. The first-order valence-electron chi connectivity index (χ1n) is 10.8. The molecule has 0 radical (unpaired) electrons. The van der Waals surface area contributed by atoms with Crippen molar-refractivity contribution in [3.63, 3.8) is 0 Å². The van der Waals surface area contributed by atoms with E-state index in [2.05, 4.69) is 0 Å². The molecule has 4 nitrogen and oxygen atoms in total. The van der Waals surface area contributed by atoms with Crippen LogP contribution >= 0.6 is 0 Å². The molecule has 1 saturated heterocycles. The van der Waals surface area contributed by atoms with Crippen molar-refractivity contribution >= 4 is 5.97 Å². The van der Waals surface area contributed by atoms with E-state index >= 15 is 0 Å². The molecule has 0 spiro atoms. The number of nitrogens with zero attached hydrogens (tertiary/aromatic N) is 1. The number of likely N-dealkylation sites (tertiary alicyclic amines) is 1. The minimum Gasteiger partial charge on any atom is -0.437 e. The average Bonchev–Trinajstić information content (AvgIpc) is 2.80. The highest BCUT2D eigenvalue weighted by Crippen LogP contribution is 2.36. The van der Waals surface area contributed by atoms with Crippen LogP contribution in [0, 0.1) is 0 Å². The lowest BCUT2D eigenvalue weighted by Crippen LogP contribution is -2.45. The van der Waals surface area contributed by atoms with Crippen molar-refractivity contribution in [3.05, 3.63) is 70.8 Å². The molecule has 1 aliphatic rings. The van der Waals surface area contributed by atoms with Gasteiger partial charge in [-0.3, -0.25) is 9.69 Å². The van der Waals surface area contributed by atoms with Crippen molar-refractivity contribution in [1.29, 1.82) is 0 Å². The quantitative estimate of drug-likeness (QED) is 0.196. The highest BCUT2D eigenvalue weighted by molar-refractivity contribution is 5.75. The number of carbonyl (C=O) groups excluding carboxylic acids is 1. The van der Waals surface area contributed by atoms with Crippen LogP contribution in [0.25, 0.3) is 0 Å². The maximum Gasteiger partial charge on any atom is 0.416 e. The largest absolute Gasteiger partial charge is 0.437 e. The van der Waals surface area contributed by atoms with E-state index < -0.39 is 48.9 Å². The number of hydrogen-bond donors (Lipinski definition) is 0. The first kappa shape index (κ1) is 26.0. The third kappa shape index (κ3) is 6.73. The van der Waals surface area contributed by atoms with Gasteiger partial charge in [0.15, 0.2) is 6.79 Å². The van der Waals surface area contributed by atoms with Crippen molar-refractivity contribution in [2.24, 2.45) is 0 Å². The normalized spacial score (nSPS) is 18.5. The predicted octanol–water partition coefficient (Wildman–Crippen LogP) is 6.36. The van der Waals surface area contributed by atoms with E-state index in [1.807, 2.05) is 35.2 Å². The second-order valence-electron chi connectivity index (χ2n) is 8.18. The van der Waals surface area contributed by atoms with Gasteiger partial charge in [0.05, 0.1) is 17.7 Å². The molecule has 1 aliphatic heterocycles. The van der Waals surface area contributed by atoms with Crippen LogP contribution in [0.1, 0.15) is 54.5 Å². The molecule has 0 N–H and O–H groups in total. The molecule has 0 saturated carbocycles. The zero-order valence-corrected chi connectivity index (χ0v) is 18.5. The predicted molar refractivity (Wildman–Crippen MR) is 111 cm³/mol. The van der Waals surface area contributed by atoms with Gasteiger partial charge >= 0.3 is 18.3 Å². The van der Waals surface area contributed by atoms with Crippen molar-refractivity contribution < 1.29 is 40.6 Å². The van der Waals surface area contributed by atoms with Gasteiger partial charge in [-0.05, 0) is 55.6 Å². The lowest BCUT2D eigenvalue weighted by molar-refractivity contribution is -0.164. The Kier molecular flexibility index (Phi) is 8.25. The molecule has 2 aromatic rings. The van der Waals surface area contributed by atoms with Crippen molar-refractivity contribution in [2.75, 3.05) is 13.3 Å². The van der Waals surface area contributed by atoms with E-state index in [4.69, 9.17) is 9.47 Å². The van der Waals surface area contributed by atoms with Crippen LogP contribution in [-0.4, -0.2) is 30.2 Å². The summed E-state index contributed by atoms with van der Waals surface area (Å²) in [6.07, 6.45) is -7.05. The van der Waals surface area contributed by atoms with E-state index in [9.17, 15) is 31.1 Å². The molecule has 2 aromatic carbocycles. The van der Waals surface area contributed by atoms with Crippen molar-refractivity contribution in [3.8, 4) is 0 Å². The molecule has 0 unspecified atom stereocenters. The molecule has 1 fully saturated rings. The highest BCUT2D eigenvalue weighted by atomic mass is 19.4. The first-order valence-corrected chi connectivity index (χ1v) is 10.8. The van der Waals surface area contributed by atoms with Crippen LogP contribution in [0.4, 0.5) is 26.3 Å². The number of carbonyl (C=O) groups is 1. The Balaban J connectivity index is 1.58. The van der Waals surface area contributed by atoms with Crippen molar-refractivity contribution in [2.45, 2.75) is 57.2 Å². The van der Waals surface area contributed by atoms with E-state index in [1.165, 1.54) is 0 Å². The molecule has 0 aliphatic carbocycles. The van der Waals surface area contributed by atoms with Gasteiger partial charge in [0.2, 0.25) is 0 Å². The summed E-state index contributed by atoms with van der Waals surface area (Å²) < 4.78 is 88.0. The number of alkyl halides is 6. The fraction of sp³-hybridized carbons (Fsp3) is 0.458. The van der Waals surface area contributed by atoms with Crippen LogP contribution in [-0.2, 0) is 33.2 Å². The number of halogens is 6.